The fourth-order valence-corrected chi connectivity index (χ4v) is 5.16. The Kier molecular flexibility index (Phi) is 7.47. The van der Waals surface area contributed by atoms with Gasteiger partial charge in [-0.1, -0.05) is 11.6 Å². The first-order chi connectivity index (χ1) is 19.1. The third kappa shape index (κ3) is 5.87. The lowest BCUT2D eigenvalue weighted by Gasteiger charge is -2.29. The molecule has 0 radical (unpaired) electrons. The fourth-order valence-electron chi connectivity index (χ4n) is 4.96. The Balaban J connectivity index is 1.44. The van der Waals surface area contributed by atoms with Crippen LogP contribution < -0.4 is 5.32 Å². The largest absolute Gasteiger partial charge is 0.522 e. The van der Waals surface area contributed by atoms with E-state index in [2.05, 4.69) is 30.1 Å². The minimum absolute atomic E-state index is 0.0351. The predicted octanol–water partition coefficient (Wildman–Crippen LogP) is 5.24. The second kappa shape index (κ2) is 10.5. The van der Waals surface area contributed by atoms with E-state index in [1.807, 2.05) is 13.8 Å². The van der Waals surface area contributed by atoms with E-state index < -0.39 is 36.5 Å². The number of aliphatic hydroxyl groups is 2. The zero-order chi connectivity index (χ0) is 29.9. The second-order valence-corrected chi connectivity index (χ2v) is 11.1. The number of ether oxygens (including phenoxy) is 1. The maximum atomic E-state index is 15.3. The number of aromatic nitrogens is 6. The van der Waals surface area contributed by atoms with Crippen LogP contribution >= 0.6 is 11.6 Å². The van der Waals surface area contributed by atoms with E-state index in [4.69, 9.17) is 11.6 Å². The summed E-state index contributed by atoms with van der Waals surface area (Å²) < 4.78 is 59.6. The highest BCUT2D eigenvalue weighted by atomic mass is 35.5. The molecule has 3 N–H and O–H groups in total. The van der Waals surface area contributed by atoms with Gasteiger partial charge in [-0.25, -0.2) is 19.3 Å². The molecule has 4 aromatic rings. The molecule has 10 nitrogen and oxygen atoms in total. The second-order valence-electron chi connectivity index (χ2n) is 10.7. The number of alkyl halides is 3. The molecule has 15 heteroatoms. The molecule has 4 heterocycles. The van der Waals surface area contributed by atoms with Gasteiger partial charge in [-0.05, 0) is 52.3 Å². The fraction of sp³-hybridized carbons (Fsp3) is 0.462. The van der Waals surface area contributed by atoms with Crippen LogP contribution in [0.2, 0.25) is 5.02 Å². The molecule has 220 valence electrons. The molecular weight excluding hydrogens is 570 g/mol. The third-order valence-electron chi connectivity index (χ3n) is 6.73. The number of fused-ring (bicyclic) bond motifs is 2. The van der Waals surface area contributed by atoms with E-state index >= 15 is 4.39 Å². The number of imidazole rings is 1. The molecule has 0 spiro atoms. The van der Waals surface area contributed by atoms with Gasteiger partial charge in [0.25, 0.3) is 0 Å². The molecule has 2 unspecified atom stereocenters. The van der Waals surface area contributed by atoms with Crippen LogP contribution in [0.1, 0.15) is 63.5 Å². The number of aryl methyl sites for hydroxylation is 1. The molecule has 2 atom stereocenters. The van der Waals surface area contributed by atoms with E-state index in [0.717, 1.165) is 0 Å². The summed E-state index contributed by atoms with van der Waals surface area (Å²) >= 11 is 6.43. The number of hydrogen-bond donors (Lipinski definition) is 3. The van der Waals surface area contributed by atoms with Crippen molar-refractivity contribution in [1.82, 2.24) is 29.3 Å². The third-order valence-corrected chi connectivity index (χ3v) is 7.00. The summed E-state index contributed by atoms with van der Waals surface area (Å²) in [7, 11) is 0. The van der Waals surface area contributed by atoms with Gasteiger partial charge < -0.3 is 20.1 Å². The summed E-state index contributed by atoms with van der Waals surface area (Å²) in [6, 6.07) is 3.56. The number of halogens is 5. The number of aliphatic hydroxyl groups excluding tert-OH is 1. The van der Waals surface area contributed by atoms with Gasteiger partial charge in [0.15, 0.2) is 5.82 Å². The van der Waals surface area contributed by atoms with Crippen LogP contribution in [0.25, 0.3) is 22.3 Å². The smallest absolute Gasteiger partial charge is 0.385 e. The van der Waals surface area contributed by atoms with Crippen molar-refractivity contribution in [3.05, 3.63) is 52.4 Å². The lowest BCUT2D eigenvalue weighted by molar-refractivity contribution is -0.330. The number of hydrogen-bond acceptors (Lipinski definition) is 8. The van der Waals surface area contributed by atoms with Gasteiger partial charge in [-0.2, -0.15) is 5.10 Å². The van der Waals surface area contributed by atoms with Gasteiger partial charge in [0, 0.05) is 18.2 Å². The number of benzene rings is 1. The zero-order valence-electron chi connectivity index (χ0n) is 22.5. The molecule has 1 aliphatic heterocycles. The summed E-state index contributed by atoms with van der Waals surface area (Å²) in [6.45, 7) is 6.50. The molecule has 41 heavy (non-hydrogen) atoms. The molecule has 3 aromatic heterocycles. The van der Waals surface area contributed by atoms with Gasteiger partial charge in [-0.3, -0.25) is 9.42 Å². The van der Waals surface area contributed by atoms with Crippen LogP contribution in [0, 0.1) is 5.82 Å². The van der Waals surface area contributed by atoms with Gasteiger partial charge in [0.1, 0.15) is 23.0 Å². The highest BCUT2D eigenvalue weighted by molar-refractivity contribution is 6.33. The minimum Gasteiger partial charge on any atom is -0.385 e. The van der Waals surface area contributed by atoms with Gasteiger partial charge in [0.2, 0.25) is 5.95 Å². The molecule has 0 saturated heterocycles. The van der Waals surface area contributed by atoms with Crippen molar-refractivity contribution in [2.75, 3.05) is 5.32 Å². The standard InChI is InChI=1S/C26H28ClF4N7O3/c1-12(2)38-18-8-13(7-16(28)21(18)34-23(38)25(3,4)40)20-15(27)10-32-24(35-20)33-17-5-6-37-19(22(17)39)9-14(36-37)11-41-26(29,30)31/h7-10,12,17,22,39-40H,5-6,11H2,1-4H3,(H,32,33,35). The molecule has 0 fully saturated rings. The predicted molar refractivity (Wildman–Crippen MR) is 141 cm³/mol. The first kappa shape index (κ1) is 29.2. The Hall–Kier alpha value is -3.33. The summed E-state index contributed by atoms with van der Waals surface area (Å²) in [6.07, 6.45) is -4.21. The Morgan fingerprint density at radius 2 is 1.93 bits per heavy atom. The van der Waals surface area contributed by atoms with Crippen molar-refractivity contribution in [3.63, 3.8) is 0 Å². The van der Waals surface area contributed by atoms with Crippen LogP contribution in [-0.2, 0) is 23.5 Å². The van der Waals surface area contributed by atoms with Crippen molar-refractivity contribution in [2.45, 2.75) is 77.4 Å². The first-order valence-corrected chi connectivity index (χ1v) is 13.2. The number of anilines is 1. The number of nitrogens with one attached hydrogen (secondary N) is 1. The van der Waals surface area contributed by atoms with Gasteiger partial charge >= 0.3 is 6.36 Å². The number of rotatable bonds is 7. The maximum absolute atomic E-state index is 15.3. The molecule has 1 aromatic carbocycles. The van der Waals surface area contributed by atoms with Crippen molar-refractivity contribution in [1.29, 1.82) is 0 Å². The maximum Gasteiger partial charge on any atom is 0.522 e. The average Bonchev–Trinajstić information content (AvgIpc) is 3.48. The monoisotopic (exact) mass is 597 g/mol. The number of nitrogens with zero attached hydrogens (tertiary/aromatic N) is 6. The van der Waals surface area contributed by atoms with E-state index in [1.165, 1.54) is 23.0 Å². The van der Waals surface area contributed by atoms with Crippen molar-refractivity contribution < 1.29 is 32.5 Å². The summed E-state index contributed by atoms with van der Waals surface area (Å²) in [5.74, 6) is -0.196. The molecule has 0 saturated carbocycles. The highest BCUT2D eigenvalue weighted by Crippen LogP contribution is 2.35. The van der Waals surface area contributed by atoms with Crippen LogP contribution in [0.3, 0.4) is 0 Å². The van der Waals surface area contributed by atoms with E-state index in [1.54, 1.807) is 24.5 Å². The van der Waals surface area contributed by atoms with Gasteiger partial charge in [0.05, 0.1) is 46.5 Å². The van der Waals surface area contributed by atoms with Crippen LogP contribution in [-0.4, -0.2) is 51.9 Å². The van der Waals surface area contributed by atoms with Crippen molar-refractivity contribution in [2.24, 2.45) is 0 Å². The summed E-state index contributed by atoms with van der Waals surface area (Å²) in [5.41, 5.74) is 0.178. The molecular formula is C26H28ClF4N7O3. The van der Waals surface area contributed by atoms with E-state index in [0.29, 0.717) is 35.6 Å². The first-order valence-electron chi connectivity index (χ1n) is 12.8. The van der Waals surface area contributed by atoms with Crippen LogP contribution in [0.15, 0.2) is 24.4 Å². The highest BCUT2D eigenvalue weighted by Gasteiger charge is 2.33. The van der Waals surface area contributed by atoms with Crippen molar-refractivity contribution in [3.8, 4) is 11.3 Å². The van der Waals surface area contributed by atoms with E-state index in [9.17, 15) is 23.4 Å². The summed E-state index contributed by atoms with van der Waals surface area (Å²) in [4.78, 5) is 13.1. The SMILES string of the molecule is CC(C)n1c(C(C)(C)O)nc2c(F)cc(-c3nc(NC4CCn5nc(COC(F)(F)F)cc5C4O)ncc3Cl)cc21. The minimum atomic E-state index is -4.80. The topological polar surface area (TPSA) is 123 Å². The molecule has 0 bridgehead atoms. The molecule has 1 aliphatic rings. The Morgan fingerprint density at radius 1 is 1.20 bits per heavy atom. The Morgan fingerprint density at radius 3 is 2.59 bits per heavy atom. The Labute approximate surface area is 237 Å². The average molecular weight is 598 g/mol. The molecule has 0 amide bonds. The summed E-state index contributed by atoms with van der Waals surface area (Å²) in [5, 5.41) is 28.9. The lowest BCUT2D eigenvalue weighted by Crippen LogP contribution is -2.35. The zero-order valence-corrected chi connectivity index (χ0v) is 23.3. The van der Waals surface area contributed by atoms with Crippen LogP contribution in [0.5, 0.6) is 0 Å². The van der Waals surface area contributed by atoms with E-state index in [-0.39, 0.29) is 33.9 Å². The lowest BCUT2D eigenvalue weighted by atomic mass is 10.0. The van der Waals surface area contributed by atoms with Gasteiger partial charge in [-0.15, -0.1) is 13.2 Å². The van der Waals surface area contributed by atoms with Crippen LogP contribution in [0.4, 0.5) is 23.5 Å². The normalized spacial score (nSPS) is 17.9. The van der Waals surface area contributed by atoms with Crippen molar-refractivity contribution >= 4 is 28.6 Å². The quantitative estimate of drug-likeness (QED) is 0.247. The Bertz CT molecular complexity index is 1600. The molecule has 5 rings (SSSR count). The molecule has 0 aliphatic carbocycles.